The summed E-state index contributed by atoms with van der Waals surface area (Å²) in [6.45, 7) is 0. The highest BCUT2D eigenvalue weighted by Crippen LogP contribution is 2.36. The topological polar surface area (TPSA) is 117 Å². The highest BCUT2D eigenvalue weighted by Gasteiger charge is 2.43. The van der Waals surface area contributed by atoms with E-state index in [2.05, 4.69) is 25.6 Å². The Morgan fingerprint density at radius 3 is 2.58 bits per heavy atom. The standard InChI is InChI=1S/C18H15ClF3N5O3S/c1-31(29,30)12-4-7(19)2-3-10(12)23-11-6-13(25-18(28)8-5-9(8)20)24-16-14(11)26-17(27-16)15(21)22/h2-4,6,8-9,15H,5H2,1H3,(H3,23,24,25,26,27,28)/t8-,9+/m0/s1. The zero-order valence-electron chi connectivity index (χ0n) is 15.8. The number of halogens is 4. The van der Waals surface area contributed by atoms with E-state index in [0.29, 0.717) is 0 Å². The number of pyridine rings is 1. The molecule has 2 atom stereocenters. The predicted octanol–water partition coefficient (Wildman–Crippen LogP) is 3.99. The van der Waals surface area contributed by atoms with Crippen LogP contribution < -0.4 is 10.6 Å². The summed E-state index contributed by atoms with van der Waals surface area (Å²) in [5.41, 5.74) is 0.142. The van der Waals surface area contributed by atoms with Gasteiger partial charge in [-0.1, -0.05) is 11.6 Å². The first-order valence-electron chi connectivity index (χ1n) is 8.93. The Labute approximate surface area is 179 Å². The molecule has 8 nitrogen and oxygen atoms in total. The van der Waals surface area contributed by atoms with Crippen molar-refractivity contribution in [3.8, 4) is 0 Å². The summed E-state index contributed by atoms with van der Waals surface area (Å²) in [6.07, 6.45) is -3.06. The lowest BCUT2D eigenvalue weighted by Gasteiger charge is -2.13. The molecule has 1 fully saturated rings. The quantitative estimate of drug-likeness (QED) is 0.498. The minimum atomic E-state index is -3.70. The van der Waals surface area contributed by atoms with Gasteiger partial charge in [0.15, 0.2) is 21.3 Å². The van der Waals surface area contributed by atoms with E-state index in [0.717, 1.165) is 6.26 Å². The Hall–Kier alpha value is -2.86. The van der Waals surface area contributed by atoms with Gasteiger partial charge in [0.1, 0.15) is 17.5 Å². The average Bonchev–Trinajstić information content (AvgIpc) is 3.24. The molecule has 31 heavy (non-hydrogen) atoms. The van der Waals surface area contributed by atoms with Gasteiger partial charge >= 0.3 is 0 Å². The molecular weight excluding hydrogens is 459 g/mol. The molecule has 13 heteroatoms. The first kappa shape index (κ1) is 21.4. The number of amides is 1. The number of sulfone groups is 1. The molecule has 0 radical (unpaired) electrons. The lowest BCUT2D eigenvalue weighted by atomic mass is 10.2. The number of H-pyrrole nitrogens is 1. The van der Waals surface area contributed by atoms with E-state index in [9.17, 15) is 26.4 Å². The van der Waals surface area contributed by atoms with Crippen molar-refractivity contribution < 1.29 is 26.4 Å². The summed E-state index contributed by atoms with van der Waals surface area (Å²) in [5, 5.41) is 5.46. The zero-order chi connectivity index (χ0) is 22.5. The monoisotopic (exact) mass is 473 g/mol. The van der Waals surface area contributed by atoms with Crippen LogP contribution in [0.1, 0.15) is 18.7 Å². The van der Waals surface area contributed by atoms with Crippen LogP contribution in [0.5, 0.6) is 0 Å². The molecule has 0 saturated heterocycles. The number of fused-ring (bicyclic) bond motifs is 1. The normalized spacial score (nSPS) is 18.4. The fraction of sp³-hybridized carbons (Fsp3) is 0.278. The van der Waals surface area contributed by atoms with Gasteiger partial charge in [-0.05, 0) is 24.6 Å². The molecule has 2 aromatic heterocycles. The van der Waals surface area contributed by atoms with Crippen molar-refractivity contribution in [1.82, 2.24) is 15.0 Å². The molecular formula is C18H15ClF3N5O3S. The van der Waals surface area contributed by atoms with Crippen molar-refractivity contribution in [2.45, 2.75) is 23.9 Å². The maximum Gasteiger partial charge on any atom is 0.295 e. The van der Waals surface area contributed by atoms with Crippen molar-refractivity contribution >= 4 is 55.7 Å². The summed E-state index contributed by atoms with van der Waals surface area (Å²) in [6, 6.07) is 5.39. The number of alkyl halides is 3. The Balaban J connectivity index is 1.79. The van der Waals surface area contributed by atoms with Crippen LogP contribution in [0.3, 0.4) is 0 Å². The van der Waals surface area contributed by atoms with Gasteiger partial charge in [-0.3, -0.25) is 4.79 Å². The van der Waals surface area contributed by atoms with E-state index < -0.39 is 40.1 Å². The van der Waals surface area contributed by atoms with Crippen LogP contribution in [0.25, 0.3) is 11.2 Å². The van der Waals surface area contributed by atoms with Gasteiger partial charge in [0.25, 0.3) is 6.43 Å². The molecule has 1 aliphatic rings. The number of carbonyl (C=O) groups is 1. The van der Waals surface area contributed by atoms with Crippen molar-refractivity contribution in [2.75, 3.05) is 16.9 Å². The average molecular weight is 474 g/mol. The van der Waals surface area contributed by atoms with Gasteiger partial charge in [-0.25, -0.2) is 31.6 Å². The number of hydrogen-bond donors (Lipinski definition) is 3. The Morgan fingerprint density at radius 1 is 1.26 bits per heavy atom. The molecule has 2 heterocycles. The van der Waals surface area contributed by atoms with Crippen molar-refractivity contribution in [2.24, 2.45) is 5.92 Å². The smallest absolute Gasteiger partial charge is 0.295 e. The lowest BCUT2D eigenvalue weighted by Crippen LogP contribution is -2.16. The number of carbonyl (C=O) groups excluding carboxylic acids is 1. The Kier molecular flexibility index (Phi) is 5.30. The molecule has 0 aliphatic heterocycles. The third-order valence-corrected chi connectivity index (χ3v) is 5.96. The second kappa shape index (κ2) is 7.68. The van der Waals surface area contributed by atoms with Gasteiger partial charge < -0.3 is 15.6 Å². The second-order valence-electron chi connectivity index (χ2n) is 7.06. The first-order valence-corrected chi connectivity index (χ1v) is 11.2. The molecule has 0 bridgehead atoms. The number of rotatable bonds is 6. The van der Waals surface area contributed by atoms with Crippen molar-refractivity contribution in [3.05, 3.63) is 35.1 Å². The third kappa shape index (κ3) is 4.44. The fourth-order valence-electron chi connectivity index (χ4n) is 2.98. The second-order valence-corrected chi connectivity index (χ2v) is 9.48. The molecule has 1 saturated carbocycles. The van der Waals surface area contributed by atoms with Gasteiger partial charge in [-0.2, -0.15) is 0 Å². The molecule has 3 aromatic rings. The summed E-state index contributed by atoms with van der Waals surface area (Å²) in [7, 11) is -3.70. The van der Waals surface area contributed by atoms with Crippen LogP contribution in [0, 0.1) is 5.92 Å². The van der Waals surface area contributed by atoms with E-state index in [1.165, 1.54) is 24.3 Å². The van der Waals surface area contributed by atoms with Crippen LogP contribution in [0.4, 0.5) is 30.4 Å². The van der Waals surface area contributed by atoms with Gasteiger partial charge in [0, 0.05) is 17.3 Å². The minimum absolute atomic E-state index is 0.00232. The third-order valence-electron chi connectivity index (χ3n) is 4.59. The number of aromatic amines is 1. The number of imidazole rings is 1. The van der Waals surface area contributed by atoms with E-state index >= 15 is 0 Å². The van der Waals surface area contributed by atoms with E-state index in [-0.39, 0.29) is 44.7 Å². The van der Waals surface area contributed by atoms with E-state index in [1.54, 1.807) is 0 Å². The fourth-order valence-corrected chi connectivity index (χ4v) is 4.07. The van der Waals surface area contributed by atoms with Gasteiger partial charge in [-0.15, -0.1) is 0 Å². The minimum Gasteiger partial charge on any atom is -0.352 e. The number of aromatic nitrogens is 3. The van der Waals surface area contributed by atoms with Crippen LogP contribution in [-0.4, -0.2) is 41.7 Å². The van der Waals surface area contributed by atoms with Gasteiger partial charge in [0.05, 0.1) is 22.2 Å². The summed E-state index contributed by atoms with van der Waals surface area (Å²) in [5.74, 6) is -2.08. The summed E-state index contributed by atoms with van der Waals surface area (Å²) < 4.78 is 63.8. The van der Waals surface area contributed by atoms with Gasteiger partial charge in [0.2, 0.25) is 5.91 Å². The van der Waals surface area contributed by atoms with Crippen molar-refractivity contribution in [3.63, 3.8) is 0 Å². The molecule has 1 amide bonds. The number of hydrogen-bond acceptors (Lipinski definition) is 6. The molecule has 1 aromatic carbocycles. The lowest BCUT2D eigenvalue weighted by molar-refractivity contribution is -0.117. The zero-order valence-corrected chi connectivity index (χ0v) is 17.4. The van der Waals surface area contributed by atoms with E-state index in [4.69, 9.17) is 11.6 Å². The van der Waals surface area contributed by atoms with Crippen LogP contribution in [0.2, 0.25) is 5.02 Å². The first-order chi connectivity index (χ1) is 14.5. The number of benzene rings is 1. The molecule has 0 unspecified atom stereocenters. The summed E-state index contributed by atoms with van der Waals surface area (Å²) in [4.78, 5) is 22.2. The number of anilines is 3. The summed E-state index contributed by atoms with van der Waals surface area (Å²) >= 11 is 5.91. The van der Waals surface area contributed by atoms with Crippen molar-refractivity contribution in [1.29, 1.82) is 0 Å². The van der Waals surface area contributed by atoms with Crippen LogP contribution >= 0.6 is 11.6 Å². The van der Waals surface area contributed by atoms with E-state index in [1.807, 2.05) is 0 Å². The molecule has 0 spiro atoms. The molecule has 4 rings (SSSR count). The molecule has 3 N–H and O–H groups in total. The molecule has 1 aliphatic carbocycles. The molecule has 164 valence electrons. The van der Waals surface area contributed by atoms with Crippen LogP contribution in [0.15, 0.2) is 29.2 Å². The highest BCUT2D eigenvalue weighted by atomic mass is 35.5. The largest absolute Gasteiger partial charge is 0.352 e. The highest BCUT2D eigenvalue weighted by molar-refractivity contribution is 7.90. The predicted molar refractivity (Wildman–Crippen MR) is 108 cm³/mol. The number of nitrogens with one attached hydrogen (secondary N) is 3. The Bertz CT molecular complexity index is 1300. The number of nitrogens with zero attached hydrogens (tertiary/aromatic N) is 2. The maximum absolute atomic E-state index is 13.2. The van der Waals surface area contributed by atoms with Crippen LogP contribution in [-0.2, 0) is 14.6 Å². The Morgan fingerprint density at radius 2 is 1.97 bits per heavy atom. The SMILES string of the molecule is CS(=O)(=O)c1cc(Cl)ccc1Nc1cc(NC(=O)[C@H]2C[C@H]2F)nc2[nH]c(C(F)F)nc12. The maximum atomic E-state index is 13.2.